The fourth-order valence-electron chi connectivity index (χ4n) is 2.43. The minimum Gasteiger partial charge on any atom is -0.342 e. The summed E-state index contributed by atoms with van der Waals surface area (Å²) in [5, 5.41) is 0. The van der Waals surface area contributed by atoms with Crippen molar-refractivity contribution in [3.8, 4) is 0 Å². The van der Waals surface area contributed by atoms with Gasteiger partial charge in [0.25, 0.3) is 5.91 Å². The number of alkyl halides is 3. The van der Waals surface area contributed by atoms with E-state index in [1.807, 2.05) is 6.92 Å². The lowest BCUT2D eigenvalue weighted by Gasteiger charge is -2.33. The van der Waals surface area contributed by atoms with E-state index in [0.29, 0.717) is 0 Å². The lowest BCUT2D eigenvalue weighted by atomic mass is 10.0. The van der Waals surface area contributed by atoms with Crippen LogP contribution in [0.5, 0.6) is 0 Å². The van der Waals surface area contributed by atoms with Gasteiger partial charge in [-0.2, -0.15) is 13.2 Å². The van der Waals surface area contributed by atoms with Crippen molar-refractivity contribution in [2.24, 2.45) is 5.73 Å². The molecule has 0 bridgehead atoms. The number of halogens is 3. The highest BCUT2D eigenvalue weighted by molar-refractivity contribution is 5.86. The Kier molecular flexibility index (Phi) is 4.84. The van der Waals surface area contributed by atoms with Gasteiger partial charge in [0.2, 0.25) is 0 Å². The Hall–Kier alpha value is -0.820. The van der Waals surface area contributed by atoms with Crippen LogP contribution in [0.25, 0.3) is 0 Å². The second kappa shape index (κ2) is 5.66. The summed E-state index contributed by atoms with van der Waals surface area (Å²) in [7, 11) is 1.38. The molecule has 1 fully saturated rings. The predicted octanol–water partition coefficient (Wildman–Crippen LogP) is 1.21. The average Bonchev–Trinajstić information content (AvgIpc) is 2.73. The summed E-state index contributed by atoms with van der Waals surface area (Å²) >= 11 is 0. The second-order valence-corrected chi connectivity index (χ2v) is 5.31. The van der Waals surface area contributed by atoms with Crippen molar-refractivity contribution in [1.29, 1.82) is 0 Å². The molecule has 4 nitrogen and oxygen atoms in total. The lowest BCUT2D eigenvalue weighted by molar-refractivity contribution is -0.193. The number of hydrogen-bond acceptors (Lipinski definition) is 3. The van der Waals surface area contributed by atoms with E-state index < -0.39 is 17.6 Å². The Bertz CT molecular complexity index is 331. The van der Waals surface area contributed by atoms with E-state index in [4.69, 9.17) is 5.73 Å². The third-order valence-corrected chi connectivity index (χ3v) is 3.77. The maximum Gasteiger partial charge on any atom is 0.415 e. The van der Waals surface area contributed by atoms with Crippen LogP contribution in [-0.2, 0) is 4.79 Å². The summed E-state index contributed by atoms with van der Waals surface area (Å²) in [4.78, 5) is 15.1. The molecule has 7 heteroatoms. The molecule has 2 atom stereocenters. The zero-order valence-corrected chi connectivity index (χ0v) is 11.6. The topological polar surface area (TPSA) is 49.6 Å². The van der Waals surface area contributed by atoms with Gasteiger partial charge in [0, 0.05) is 19.6 Å². The van der Waals surface area contributed by atoms with Gasteiger partial charge in [0.05, 0.1) is 0 Å². The summed E-state index contributed by atoms with van der Waals surface area (Å²) < 4.78 is 38.2. The summed E-state index contributed by atoms with van der Waals surface area (Å²) in [5.41, 5.74) is 2.33. The maximum atomic E-state index is 12.7. The van der Waals surface area contributed by atoms with Crippen molar-refractivity contribution in [3.05, 3.63) is 0 Å². The van der Waals surface area contributed by atoms with Gasteiger partial charge >= 0.3 is 6.18 Å². The van der Waals surface area contributed by atoms with E-state index in [1.165, 1.54) is 7.05 Å². The molecule has 1 saturated heterocycles. The van der Waals surface area contributed by atoms with E-state index in [-0.39, 0.29) is 12.6 Å². The van der Waals surface area contributed by atoms with Gasteiger partial charge < -0.3 is 10.6 Å². The van der Waals surface area contributed by atoms with E-state index in [9.17, 15) is 18.0 Å². The lowest BCUT2D eigenvalue weighted by Crippen LogP contribution is -2.62. The Balaban J connectivity index is 2.68. The van der Waals surface area contributed by atoms with Crippen LogP contribution in [0, 0.1) is 0 Å². The summed E-state index contributed by atoms with van der Waals surface area (Å²) in [6, 6.07) is 0.128. The summed E-state index contributed by atoms with van der Waals surface area (Å²) in [5.74, 6) is -1.08. The molecule has 1 amide bonds. The van der Waals surface area contributed by atoms with Gasteiger partial charge in [-0.3, -0.25) is 9.69 Å². The zero-order chi connectivity index (χ0) is 14.8. The van der Waals surface area contributed by atoms with Crippen molar-refractivity contribution >= 4 is 5.91 Å². The molecular formula is C12H22F3N3O. The molecular weight excluding hydrogens is 259 g/mol. The molecule has 1 rings (SSSR count). The Labute approximate surface area is 111 Å². The largest absolute Gasteiger partial charge is 0.415 e. The van der Waals surface area contributed by atoms with Crippen molar-refractivity contribution in [2.45, 2.75) is 44.4 Å². The fraction of sp³-hybridized carbons (Fsp3) is 0.917. The molecule has 1 aliphatic rings. The first-order valence-corrected chi connectivity index (χ1v) is 6.46. The van der Waals surface area contributed by atoms with E-state index in [1.54, 1.807) is 0 Å². The number of carbonyl (C=O) groups excluding carboxylic acids is 1. The molecule has 1 aliphatic heterocycles. The van der Waals surface area contributed by atoms with Gasteiger partial charge in [-0.1, -0.05) is 6.92 Å². The summed E-state index contributed by atoms with van der Waals surface area (Å²) in [6.45, 7) is 4.78. The van der Waals surface area contributed by atoms with Crippen molar-refractivity contribution in [1.82, 2.24) is 9.80 Å². The number of amides is 1. The number of carbonyl (C=O) groups is 1. The van der Waals surface area contributed by atoms with Crippen LogP contribution in [0.3, 0.4) is 0 Å². The van der Waals surface area contributed by atoms with Gasteiger partial charge in [0.15, 0.2) is 5.54 Å². The van der Waals surface area contributed by atoms with Crippen molar-refractivity contribution < 1.29 is 18.0 Å². The molecule has 0 aromatic carbocycles. The minimum absolute atomic E-state index is 0.128. The Morgan fingerprint density at radius 2 is 2.05 bits per heavy atom. The van der Waals surface area contributed by atoms with Crippen LogP contribution in [0.4, 0.5) is 13.2 Å². The number of nitrogens with zero attached hydrogens (tertiary/aromatic N) is 2. The molecule has 0 saturated carbocycles. The number of nitrogens with two attached hydrogens (primary N) is 1. The minimum atomic E-state index is -4.74. The molecule has 1 heterocycles. The van der Waals surface area contributed by atoms with Crippen molar-refractivity contribution in [3.63, 3.8) is 0 Å². The van der Waals surface area contributed by atoms with Crippen LogP contribution in [0.2, 0.25) is 0 Å². The Morgan fingerprint density at radius 3 is 2.53 bits per heavy atom. The molecule has 112 valence electrons. The highest BCUT2D eigenvalue weighted by atomic mass is 19.4. The number of likely N-dealkylation sites (N-methyl/N-ethyl adjacent to an activating group) is 2. The number of rotatable bonds is 4. The number of likely N-dealkylation sites (tertiary alicyclic amines) is 1. The van der Waals surface area contributed by atoms with Crippen LogP contribution >= 0.6 is 0 Å². The van der Waals surface area contributed by atoms with E-state index in [2.05, 4.69) is 4.90 Å². The monoisotopic (exact) mass is 281 g/mol. The van der Waals surface area contributed by atoms with Gasteiger partial charge in [-0.15, -0.1) is 0 Å². The first-order valence-electron chi connectivity index (χ1n) is 6.46. The van der Waals surface area contributed by atoms with Gasteiger partial charge in [-0.25, -0.2) is 0 Å². The molecule has 0 aliphatic carbocycles. The predicted molar refractivity (Wildman–Crippen MR) is 66.6 cm³/mol. The van der Waals surface area contributed by atoms with E-state index >= 15 is 0 Å². The van der Waals surface area contributed by atoms with Crippen LogP contribution in [0.15, 0.2) is 0 Å². The molecule has 0 spiro atoms. The second-order valence-electron chi connectivity index (χ2n) is 5.31. The fourth-order valence-corrected chi connectivity index (χ4v) is 2.43. The first-order chi connectivity index (χ1) is 8.61. The normalized spacial score (nSPS) is 24.3. The Morgan fingerprint density at radius 1 is 1.47 bits per heavy atom. The molecule has 2 N–H and O–H groups in total. The summed E-state index contributed by atoms with van der Waals surface area (Å²) in [6.07, 6.45) is -2.82. The highest BCUT2D eigenvalue weighted by Gasteiger charge is 2.55. The molecule has 0 aromatic rings. The van der Waals surface area contributed by atoms with Gasteiger partial charge in [-0.05, 0) is 32.9 Å². The molecule has 0 aromatic heterocycles. The first kappa shape index (κ1) is 16.2. The highest BCUT2D eigenvalue weighted by Crippen LogP contribution is 2.29. The molecule has 0 radical (unpaired) electrons. The maximum absolute atomic E-state index is 12.7. The van der Waals surface area contributed by atoms with Crippen LogP contribution in [0.1, 0.15) is 26.7 Å². The zero-order valence-electron chi connectivity index (χ0n) is 11.6. The standard InChI is InChI=1S/C12H22F3N3O/c1-4-18-7-5-6-9(18)8-17(3)10(19)11(2,16)12(13,14)15/h9H,4-8,16H2,1-3H3. The smallest absolute Gasteiger partial charge is 0.342 e. The van der Waals surface area contributed by atoms with E-state index in [0.717, 1.165) is 37.8 Å². The SMILES string of the molecule is CCN1CCCC1CN(C)C(=O)C(C)(N)C(F)(F)F. The van der Waals surface area contributed by atoms with Gasteiger partial charge in [0.1, 0.15) is 0 Å². The molecule has 2 unspecified atom stereocenters. The molecule has 19 heavy (non-hydrogen) atoms. The quantitative estimate of drug-likeness (QED) is 0.842. The third-order valence-electron chi connectivity index (χ3n) is 3.77. The average molecular weight is 281 g/mol. The van der Waals surface area contributed by atoms with Crippen LogP contribution in [-0.4, -0.2) is 60.1 Å². The van der Waals surface area contributed by atoms with Crippen molar-refractivity contribution in [2.75, 3.05) is 26.7 Å². The third kappa shape index (κ3) is 3.39. The number of hydrogen-bond donors (Lipinski definition) is 1. The van der Waals surface area contributed by atoms with Crippen LogP contribution < -0.4 is 5.73 Å².